The van der Waals surface area contributed by atoms with Gasteiger partial charge in [0.15, 0.2) is 5.13 Å². The molecule has 0 fully saturated rings. The van der Waals surface area contributed by atoms with E-state index in [-0.39, 0.29) is 11.5 Å². The van der Waals surface area contributed by atoms with Gasteiger partial charge in [-0.2, -0.15) is 0 Å². The Labute approximate surface area is 109 Å². The fourth-order valence-electron chi connectivity index (χ4n) is 1.36. The van der Waals surface area contributed by atoms with Crippen LogP contribution in [0.5, 0.6) is 0 Å². The van der Waals surface area contributed by atoms with E-state index in [9.17, 15) is 8.42 Å². The summed E-state index contributed by atoms with van der Waals surface area (Å²) in [4.78, 5) is 7.85. The van der Waals surface area contributed by atoms with Gasteiger partial charge >= 0.3 is 0 Å². The lowest BCUT2D eigenvalue weighted by atomic mass is 10.4. The molecule has 0 atom stereocenters. The molecule has 0 amide bonds. The van der Waals surface area contributed by atoms with E-state index in [2.05, 4.69) is 14.7 Å². The fraction of sp³-hybridized carbons (Fsp3) is 0.300. The Hall–Kier alpha value is -1.38. The second-order valence-corrected chi connectivity index (χ2v) is 6.67. The van der Waals surface area contributed by atoms with E-state index in [0.29, 0.717) is 10.8 Å². The summed E-state index contributed by atoms with van der Waals surface area (Å²) in [7, 11) is -3.65. The van der Waals surface area contributed by atoms with Gasteiger partial charge in [-0.3, -0.25) is 4.72 Å². The summed E-state index contributed by atoms with van der Waals surface area (Å²) in [5.41, 5.74) is 1.25. The van der Waals surface area contributed by atoms with Gasteiger partial charge in [0.2, 0.25) is 0 Å². The molecule has 2 rings (SSSR count). The minimum atomic E-state index is -3.65. The van der Waals surface area contributed by atoms with Crippen molar-refractivity contribution in [1.82, 2.24) is 9.97 Å². The van der Waals surface area contributed by atoms with Crippen molar-refractivity contribution in [3.8, 4) is 0 Å². The number of nitrogens with one attached hydrogen (secondary N) is 2. The van der Waals surface area contributed by atoms with Crippen molar-refractivity contribution < 1.29 is 13.5 Å². The maximum absolute atomic E-state index is 12.0. The number of hydrogen-bond acceptors (Lipinski definition) is 5. The van der Waals surface area contributed by atoms with Crippen LogP contribution >= 0.6 is 11.3 Å². The van der Waals surface area contributed by atoms with E-state index in [1.165, 1.54) is 23.6 Å². The molecule has 0 aliphatic heterocycles. The largest absolute Gasteiger partial charge is 0.390 e. The number of sulfonamides is 1. The second-order valence-electron chi connectivity index (χ2n) is 3.78. The first-order valence-electron chi connectivity index (χ1n) is 5.17. The van der Waals surface area contributed by atoms with Crippen LogP contribution in [0, 0.1) is 13.8 Å². The number of nitrogens with zero attached hydrogens (tertiary/aromatic N) is 1. The monoisotopic (exact) mass is 287 g/mol. The lowest BCUT2D eigenvalue weighted by Crippen LogP contribution is -2.11. The number of aromatic amines is 1. The van der Waals surface area contributed by atoms with Gasteiger partial charge in [0.25, 0.3) is 10.0 Å². The number of aliphatic hydroxyl groups is 1. The van der Waals surface area contributed by atoms with E-state index >= 15 is 0 Å². The molecule has 2 aromatic rings. The highest BCUT2D eigenvalue weighted by molar-refractivity contribution is 7.93. The molecule has 0 saturated heterocycles. The van der Waals surface area contributed by atoms with Crippen LogP contribution in [0.2, 0.25) is 0 Å². The minimum absolute atomic E-state index is 0.0806. The number of aromatic nitrogens is 2. The smallest absolute Gasteiger partial charge is 0.265 e. The van der Waals surface area contributed by atoms with Crippen LogP contribution in [-0.2, 0) is 16.6 Å². The quantitative estimate of drug-likeness (QED) is 0.791. The van der Waals surface area contributed by atoms with Gasteiger partial charge in [-0.1, -0.05) is 0 Å². The summed E-state index contributed by atoms with van der Waals surface area (Å²) in [6.45, 7) is 3.47. The van der Waals surface area contributed by atoms with E-state index in [1.807, 2.05) is 13.8 Å². The Balaban J connectivity index is 2.26. The normalized spacial score (nSPS) is 11.7. The molecule has 0 bridgehead atoms. The van der Waals surface area contributed by atoms with Crippen LogP contribution in [0.15, 0.2) is 17.2 Å². The average Bonchev–Trinajstić information content (AvgIpc) is 2.86. The van der Waals surface area contributed by atoms with Crippen LogP contribution in [0.25, 0.3) is 0 Å². The topological polar surface area (TPSA) is 95.1 Å². The zero-order chi connectivity index (χ0) is 13.3. The Morgan fingerprint density at radius 3 is 2.72 bits per heavy atom. The number of anilines is 1. The van der Waals surface area contributed by atoms with Crippen molar-refractivity contribution in [3.63, 3.8) is 0 Å². The van der Waals surface area contributed by atoms with Crippen LogP contribution in [0.4, 0.5) is 5.13 Å². The first-order valence-corrected chi connectivity index (χ1v) is 7.47. The molecular weight excluding hydrogens is 274 g/mol. The number of aliphatic hydroxyl groups excluding tert-OH is 1. The van der Waals surface area contributed by atoms with Gasteiger partial charge in [0.05, 0.1) is 12.3 Å². The van der Waals surface area contributed by atoms with Crippen molar-refractivity contribution >= 4 is 26.5 Å². The van der Waals surface area contributed by atoms with Crippen molar-refractivity contribution in [2.75, 3.05) is 4.72 Å². The Bertz CT molecular complexity index is 638. The van der Waals surface area contributed by atoms with Crippen molar-refractivity contribution in [2.45, 2.75) is 25.3 Å². The molecule has 0 aliphatic rings. The number of hydrogen-bond donors (Lipinski definition) is 3. The summed E-state index contributed by atoms with van der Waals surface area (Å²) in [5.74, 6) is 0. The molecule has 0 spiro atoms. The number of aryl methyl sites for hydroxylation is 2. The highest BCUT2D eigenvalue weighted by Gasteiger charge is 2.18. The van der Waals surface area contributed by atoms with Gasteiger partial charge in [0.1, 0.15) is 4.90 Å². The molecule has 6 nitrogen and oxygen atoms in total. The van der Waals surface area contributed by atoms with Gasteiger partial charge in [-0.05, 0) is 19.9 Å². The summed E-state index contributed by atoms with van der Waals surface area (Å²) >= 11 is 1.29. The third-order valence-corrected chi connectivity index (χ3v) is 4.88. The molecule has 3 N–H and O–H groups in total. The average molecular weight is 287 g/mol. The molecule has 0 radical (unpaired) electrons. The van der Waals surface area contributed by atoms with Crippen LogP contribution < -0.4 is 4.72 Å². The Morgan fingerprint density at radius 2 is 2.22 bits per heavy atom. The van der Waals surface area contributed by atoms with Gasteiger partial charge in [0, 0.05) is 16.8 Å². The summed E-state index contributed by atoms with van der Waals surface area (Å²) < 4.78 is 26.4. The summed E-state index contributed by atoms with van der Waals surface area (Å²) in [5, 5.41) is 9.23. The summed E-state index contributed by atoms with van der Waals surface area (Å²) in [6.07, 6.45) is 1.33. The second kappa shape index (κ2) is 4.71. The van der Waals surface area contributed by atoms with Gasteiger partial charge < -0.3 is 10.1 Å². The van der Waals surface area contributed by atoms with E-state index in [4.69, 9.17) is 5.11 Å². The number of rotatable bonds is 4. The highest BCUT2D eigenvalue weighted by atomic mass is 32.2. The maximum atomic E-state index is 12.0. The standard InChI is InChI=1S/C10H13N3O3S2/c1-6-7(2)17-10(12-6)13-18(15,16)9-3-8(5-14)11-4-9/h3-4,11,14H,5H2,1-2H3,(H,12,13). The SMILES string of the molecule is Cc1nc(NS(=O)(=O)c2c[nH]c(CO)c2)sc1C. The predicted octanol–water partition coefficient (Wildman–Crippen LogP) is 1.38. The number of H-pyrrole nitrogens is 1. The molecule has 8 heteroatoms. The molecule has 18 heavy (non-hydrogen) atoms. The fourth-order valence-corrected chi connectivity index (χ4v) is 3.42. The maximum Gasteiger partial charge on any atom is 0.265 e. The molecule has 0 aliphatic carbocycles. The Kier molecular flexibility index (Phi) is 3.42. The van der Waals surface area contributed by atoms with E-state index in [0.717, 1.165) is 10.6 Å². The molecular formula is C10H13N3O3S2. The van der Waals surface area contributed by atoms with Crippen molar-refractivity contribution in [2.24, 2.45) is 0 Å². The van der Waals surface area contributed by atoms with Crippen LogP contribution in [-0.4, -0.2) is 23.5 Å². The third-order valence-electron chi connectivity index (χ3n) is 2.45. The first kappa shape index (κ1) is 13.1. The van der Waals surface area contributed by atoms with Gasteiger partial charge in [-0.15, -0.1) is 11.3 Å². The zero-order valence-electron chi connectivity index (χ0n) is 9.89. The predicted molar refractivity (Wildman–Crippen MR) is 69.1 cm³/mol. The highest BCUT2D eigenvalue weighted by Crippen LogP contribution is 2.24. The molecule has 0 unspecified atom stereocenters. The number of thiazole rings is 1. The molecule has 2 aromatic heterocycles. The van der Waals surface area contributed by atoms with Gasteiger partial charge in [-0.25, -0.2) is 13.4 Å². The lowest BCUT2D eigenvalue weighted by molar-refractivity contribution is 0.277. The molecule has 2 heterocycles. The lowest BCUT2D eigenvalue weighted by Gasteiger charge is -2.01. The first-order chi connectivity index (χ1) is 8.42. The zero-order valence-corrected chi connectivity index (χ0v) is 11.5. The van der Waals surface area contributed by atoms with Crippen LogP contribution in [0.3, 0.4) is 0 Å². The van der Waals surface area contributed by atoms with Crippen molar-refractivity contribution in [1.29, 1.82) is 0 Å². The van der Waals surface area contributed by atoms with Crippen LogP contribution in [0.1, 0.15) is 16.3 Å². The van der Waals surface area contributed by atoms with E-state index in [1.54, 1.807) is 0 Å². The Morgan fingerprint density at radius 1 is 1.50 bits per heavy atom. The minimum Gasteiger partial charge on any atom is -0.390 e. The molecule has 0 aromatic carbocycles. The molecule has 0 saturated carbocycles. The van der Waals surface area contributed by atoms with Crippen molar-refractivity contribution in [3.05, 3.63) is 28.5 Å². The summed E-state index contributed by atoms with van der Waals surface area (Å²) in [6, 6.07) is 1.38. The third kappa shape index (κ3) is 2.55. The van der Waals surface area contributed by atoms with E-state index < -0.39 is 10.0 Å². The molecule has 98 valence electrons.